The maximum Gasteiger partial charge on any atom is 0.344 e. The van der Waals surface area contributed by atoms with Gasteiger partial charge in [-0.1, -0.05) is 0 Å². The van der Waals surface area contributed by atoms with E-state index in [2.05, 4.69) is 0 Å². The van der Waals surface area contributed by atoms with E-state index in [-0.39, 0.29) is 6.61 Å². The lowest BCUT2D eigenvalue weighted by Gasteiger charge is -2.22. The van der Waals surface area contributed by atoms with Crippen LogP contribution in [0.4, 0.5) is 0 Å². The number of hydrogen-bond donors (Lipinski definition) is 0. The molecule has 0 N–H and O–H groups in total. The minimum atomic E-state index is -0.858. The van der Waals surface area contributed by atoms with Crippen LogP contribution in [0.25, 0.3) is 0 Å². The van der Waals surface area contributed by atoms with E-state index >= 15 is 0 Å². The highest BCUT2D eigenvalue weighted by atomic mass is 16.7. The lowest BCUT2D eigenvalue weighted by molar-refractivity contribution is -0.765. The molecule has 0 aliphatic carbocycles. The van der Waals surface area contributed by atoms with Crippen molar-refractivity contribution in [2.75, 3.05) is 6.61 Å². The van der Waals surface area contributed by atoms with Crippen molar-refractivity contribution in [2.45, 2.75) is 38.4 Å². The van der Waals surface area contributed by atoms with Gasteiger partial charge in [-0.3, -0.25) is 9.59 Å². The molecule has 8 nitrogen and oxygen atoms in total. The first kappa shape index (κ1) is 15.4. The molecule has 4 atom stereocenters. The van der Waals surface area contributed by atoms with E-state index in [0.29, 0.717) is 5.56 Å². The Hall–Kier alpha value is -2.48. The Balaban J connectivity index is 2.02. The lowest BCUT2D eigenvalue weighted by Crippen LogP contribution is -2.49. The van der Waals surface area contributed by atoms with Gasteiger partial charge in [0.15, 0.2) is 18.5 Å². The second kappa shape index (κ2) is 5.96. The summed E-state index contributed by atoms with van der Waals surface area (Å²) in [6.07, 6.45) is 0.0851. The quantitative estimate of drug-likeness (QED) is 0.427. The molecule has 2 aliphatic rings. The molecule has 3 rings (SSSR count). The average molecular weight is 322 g/mol. The zero-order chi connectivity index (χ0) is 16.6. The number of rotatable bonds is 2. The second-order valence-corrected chi connectivity index (χ2v) is 5.35. The van der Waals surface area contributed by atoms with Crippen LogP contribution in [0.5, 0.6) is 0 Å². The summed E-state index contributed by atoms with van der Waals surface area (Å²) >= 11 is 0. The Kier molecular flexibility index (Phi) is 3.99. The molecule has 4 bridgehead atoms. The van der Waals surface area contributed by atoms with Gasteiger partial charge in [0.25, 0.3) is 0 Å². The number of nitrogens with zero attached hydrogens (tertiary/aromatic N) is 1. The van der Waals surface area contributed by atoms with Gasteiger partial charge in [-0.05, 0) is 6.07 Å². The SMILES string of the molecule is CC(=O)O[C@@H]1[C@H](OC(C)=O)[C@H]2COC(=O)c3ccc[n+](c3)[C@H]1O2. The van der Waals surface area contributed by atoms with Crippen molar-refractivity contribution in [3.8, 4) is 0 Å². The first-order valence-corrected chi connectivity index (χ1v) is 7.13. The molecule has 1 aromatic heterocycles. The summed E-state index contributed by atoms with van der Waals surface area (Å²) < 4.78 is 23.2. The molecule has 3 heterocycles. The molecule has 0 radical (unpaired) electrons. The molecule has 23 heavy (non-hydrogen) atoms. The van der Waals surface area contributed by atoms with Gasteiger partial charge in [-0.15, -0.1) is 0 Å². The van der Waals surface area contributed by atoms with Crippen LogP contribution in [0.1, 0.15) is 30.4 Å². The lowest BCUT2D eigenvalue weighted by atomic mass is 10.1. The Morgan fingerprint density at radius 3 is 2.61 bits per heavy atom. The predicted molar refractivity (Wildman–Crippen MR) is 71.9 cm³/mol. The van der Waals surface area contributed by atoms with Crippen molar-refractivity contribution in [3.05, 3.63) is 30.1 Å². The topological polar surface area (TPSA) is 92.0 Å². The number of pyridine rings is 1. The minimum Gasteiger partial charge on any atom is -0.459 e. The fourth-order valence-corrected chi connectivity index (χ4v) is 2.75. The Morgan fingerprint density at radius 1 is 1.22 bits per heavy atom. The third-order valence-corrected chi connectivity index (χ3v) is 3.62. The Morgan fingerprint density at radius 2 is 1.91 bits per heavy atom. The summed E-state index contributed by atoms with van der Waals surface area (Å²) in [6.45, 7) is 2.41. The van der Waals surface area contributed by atoms with Crippen LogP contribution in [0.15, 0.2) is 24.5 Å². The highest BCUT2D eigenvalue weighted by Crippen LogP contribution is 2.32. The highest BCUT2D eigenvalue weighted by molar-refractivity contribution is 5.88. The van der Waals surface area contributed by atoms with Gasteiger partial charge in [0, 0.05) is 19.9 Å². The van der Waals surface area contributed by atoms with Crippen LogP contribution in [0, 0.1) is 0 Å². The third kappa shape index (κ3) is 3.02. The van der Waals surface area contributed by atoms with Crippen molar-refractivity contribution in [3.63, 3.8) is 0 Å². The van der Waals surface area contributed by atoms with Crippen molar-refractivity contribution >= 4 is 17.9 Å². The summed E-state index contributed by atoms with van der Waals surface area (Å²) in [7, 11) is 0. The van der Waals surface area contributed by atoms with Crippen LogP contribution in [-0.2, 0) is 28.5 Å². The molecule has 1 aromatic rings. The molecular formula is C15H16NO7+. The molecule has 8 heteroatoms. The molecule has 2 aliphatic heterocycles. The number of fused-ring (bicyclic) bond motifs is 5. The summed E-state index contributed by atoms with van der Waals surface area (Å²) in [5.74, 6) is -1.56. The van der Waals surface area contributed by atoms with E-state index < -0.39 is 42.4 Å². The highest BCUT2D eigenvalue weighted by Gasteiger charge is 2.55. The zero-order valence-electron chi connectivity index (χ0n) is 12.6. The van der Waals surface area contributed by atoms with Gasteiger partial charge < -0.3 is 18.9 Å². The first-order chi connectivity index (χ1) is 11.0. The third-order valence-electron chi connectivity index (χ3n) is 3.62. The molecule has 0 saturated carbocycles. The van der Waals surface area contributed by atoms with Gasteiger partial charge in [0.1, 0.15) is 18.3 Å². The predicted octanol–water partition coefficient (Wildman–Crippen LogP) is -0.0947. The number of aromatic nitrogens is 1. The molecule has 1 fully saturated rings. The number of esters is 3. The molecule has 0 unspecified atom stereocenters. The van der Waals surface area contributed by atoms with Gasteiger partial charge in [0.2, 0.25) is 6.10 Å². The largest absolute Gasteiger partial charge is 0.459 e. The van der Waals surface area contributed by atoms with Crippen molar-refractivity contribution in [1.29, 1.82) is 0 Å². The minimum absolute atomic E-state index is 0.107. The average Bonchev–Trinajstić information content (AvgIpc) is 2.82. The molecule has 0 amide bonds. The summed E-state index contributed by atoms with van der Waals surface area (Å²) in [5.41, 5.74) is 0.356. The number of hydrogen-bond acceptors (Lipinski definition) is 7. The normalized spacial score (nSPS) is 28.9. The monoisotopic (exact) mass is 322 g/mol. The maximum absolute atomic E-state index is 12.0. The number of carbonyl (C=O) groups is 3. The van der Waals surface area contributed by atoms with Gasteiger partial charge in [-0.25, -0.2) is 4.79 Å². The smallest absolute Gasteiger partial charge is 0.344 e. The number of cyclic esters (lactones) is 1. The molecule has 0 spiro atoms. The van der Waals surface area contributed by atoms with Crippen LogP contribution in [-0.4, -0.2) is 42.8 Å². The zero-order valence-corrected chi connectivity index (χ0v) is 12.6. The van der Waals surface area contributed by atoms with Gasteiger partial charge in [-0.2, -0.15) is 4.57 Å². The first-order valence-electron chi connectivity index (χ1n) is 7.13. The molecular weight excluding hydrogens is 306 g/mol. The van der Waals surface area contributed by atoms with E-state index in [4.69, 9.17) is 18.9 Å². The van der Waals surface area contributed by atoms with E-state index in [1.807, 2.05) is 0 Å². The standard InChI is InChI=1S/C15H16NO7/c1-8(17)21-12-11-7-20-15(19)10-4-3-5-16(6-10)14(23-11)13(12)22-9(2)18/h3-6,11-14H,7H2,1-2H3/q+1/t11-,12-,13-,14+/m1/s1. The van der Waals surface area contributed by atoms with Crippen LogP contribution < -0.4 is 4.57 Å². The van der Waals surface area contributed by atoms with Crippen molar-refractivity contribution in [1.82, 2.24) is 0 Å². The molecule has 0 aromatic carbocycles. The summed E-state index contributed by atoms with van der Waals surface area (Å²) in [4.78, 5) is 34.8. The van der Waals surface area contributed by atoms with Crippen molar-refractivity contribution in [2.24, 2.45) is 0 Å². The molecule has 122 valence electrons. The fraction of sp³-hybridized carbons (Fsp3) is 0.467. The summed E-state index contributed by atoms with van der Waals surface area (Å²) in [6, 6.07) is 3.27. The van der Waals surface area contributed by atoms with Crippen LogP contribution in [0.2, 0.25) is 0 Å². The Bertz CT molecular complexity index is 659. The van der Waals surface area contributed by atoms with E-state index in [0.717, 1.165) is 0 Å². The molecule has 1 saturated heterocycles. The van der Waals surface area contributed by atoms with Crippen LogP contribution in [0.3, 0.4) is 0 Å². The fourth-order valence-electron chi connectivity index (χ4n) is 2.75. The Labute approximate surface area is 131 Å². The van der Waals surface area contributed by atoms with E-state index in [1.54, 1.807) is 29.1 Å². The van der Waals surface area contributed by atoms with Gasteiger partial charge >= 0.3 is 24.1 Å². The van der Waals surface area contributed by atoms with Crippen LogP contribution >= 0.6 is 0 Å². The maximum atomic E-state index is 12.0. The van der Waals surface area contributed by atoms with Crippen molar-refractivity contribution < 1.29 is 37.9 Å². The number of carbonyl (C=O) groups excluding carboxylic acids is 3. The number of ether oxygens (including phenoxy) is 4. The van der Waals surface area contributed by atoms with E-state index in [1.165, 1.54) is 13.8 Å². The van der Waals surface area contributed by atoms with E-state index in [9.17, 15) is 14.4 Å². The second-order valence-electron chi connectivity index (χ2n) is 5.35. The van der Waals surface area contributed by atoms with Gasteiger partial charge in [0.05, 0.1) is 0 Å². The summed E-state index contributed by atoms with van der Waals surface area (Å²) in [5, 5.41) is 0.